The number of rotatable bonds is 2. The van der Waals surface area contributed by atoms with Gasteiger partial charge in [0.1, 0.15) is 6.10 Å². The van der Waals surface area contributed by atoms with Gasteiger partial charge in [0.15, 0.2) is 0 Å². The van der Waals surface area contributed by atoms with Crippen molar-refractivity contribution in [2.75, 3.05) is 0 Å². The maximum atomic E-state index is 10.4. The summed E-state index contributed by atoms with van der Waals surface area (Å²) in [5.41, 5.74) is 2.36. The highest BCUT2D eigenvalue weighted by Crippen LogP contribution is 2.26. The lowest BCUT2D eigenvalue weighted by molar-refractivity contribution is 0.217. The van der Waals surface area contributed by atoms with E-state index in [0.717, 1.165) is 16.5 Å². The molecular formula is C14H13N3O. The van der Waals surface area contributed by atoms with Crippen LogP contribution >= 0.6 is 0 Å². The Hall–Kier alpha value is -2.20. The number of aliphatic hydroxyl groups is 1. The van der Waals surface area contributed by atoms with E-state index in [4.69, 9.17) is 0 Å². The average molecular weight is 239 g/mol. The van der Waals surface area contributed by atoms with Crippen molar-refractivity contribution in [3.05, 3.63) is 60.3 Å². The van der Waals surface area contributed by atoms with E-state index >= 15 is 0 Å². The number of aliphatic hydroxyl groups excluding tert-OH is 1. The summed E-state index contributed by atoms with van der Waals surface area (Å²) in [5.74, 6) is 0. The molecule has 18 heavy (non-hydrogen) atoms. The fourth-order valence-electron chi connectivity index (χ4n) is 2.10. The van der Waals surface area contributed by atoms with E-state index in [9.17, 15) is 5.11 Å². The van der Waals surface area contributed by atoms with E-state index in [-0.39, 0.29) is 0 Å². The molecule has 0 aliphatic carbocycles. The molecule has 90 valence electrons. The van der Waals surface area contributed by atoms with Gasteiger partial charge in [-0.15, -0.1) is 0 Å². The lowest BCUT2D eigenvalue weighted by Crippen LogP contribution is -2.01. The summed E-state index contributed by atoms with van der Waals surface area (Å²) in [5, 5.41) is 11.4. The molecule has 0 saturated heterocycles. The van der Waals surface area contributed by atoms with Crippen molar-refractivity contribution in [1.82, 2.24) is 14.5 Å². The Morgan fingerprint density at radius 3 is 2.83 bits per heavy atom. The predicted octanol–water partition coefficient (Wildman–Crippen LogP) is 2.05. The smallest absolute Gasteiger partial charge is 0.123 e. The molecule has 0 fully saturated rings. The molecular weight excluding hydrogens is 226 g/mol. The molecule has 0 bridgehead atoms. The van der Waals surface area contributed by atoms with Crippen molar-refractivity contribution in [3.63, 3.8) is 0 Å². The number of fused-ring (bicyclic) bond motifs is 1. The number of hydrogen-bond donors (Lipinski definition) is 1. The number of hydrogen-bond acceptors (Lipinski definition) is 3. The quantitative estimate of drug-likeness (QED) is 0.744. The van der Waals surface area contributed by atoms with Crippen LogP contribution in [0.4, 0.5) is 0 Å². The van der Waals surface area contributed by atoms with Gasteiger partial charge in [-0.25, -0.2) is 4.98 Å². The third-order valence-corrected chi connectivity index (χ3v) is 2.98. The summed E-state index contributed by atoms with van der Waals surface area (Å²) < 4.78 is 1.82. The van der Waals surface area contributed by atoms with E-state index in [2.05, 4.69) is 9.97 Å². The zero-order valence-electron chi connectivity index (χ0n) is 9.99. The van der Waals surface area contributed by atoms with E-state index in [1.807, 2.05) is 48.1 Å². The standard InChI is InChI=1S/C14H13N3O/c1-17-8-13(16-9-17)14(18)11-4-2-6-12-10(11)5-3-7-15-12/h2-9,14,18H,1H3. The Kier molecular flexibility index (Phi) is 2.57. The molecule has 0 radical (unpaired) electrons. The Morgan fingerprint density at radius 2 is 2.06 bits per heavy atom. The highest BCUT2D eigenvalue weighted by molar-refractivity contribution is 5.82. The third-order valence-electron chi connectivity index (χ3n) is 2.98. The van der Waals surface area contributed by atoms with Crippen LogP contribution in [0.15, 0.2) is 49.1 Å². The molecule has 0 saturated carbocycles. The van der Waals surface area contributed by atoms with Crippen molar-refractivity contribution in [2.45, 2.75) is 6.10 Å². The minimum atomic E-state index is -0.723. The van der Waals surface area contributed by atoms with Crippen LogP contribution in [0.1, 0.15) is 17.4 Å². The molecule has 0 aliphatic rings. The summed E-state index contributed by atoms with van der Waals surface area (Å²) in [6.07, 6.45) is 4.53. The lowest BCUT2D eigenvalue weighted by atomic mass is 10.0. The van der Waals surface area contributed by atoms with Gasteiger partial charge >= 0.3 is 0 Å². The summed E-state index contributed by atoms with van der Waals surface area (Å²) in [6, 6.07) is 9.57. The summed E-state index contributed by atoms with van der Waals surface area (Å²) in [6.45, 7) is 0. The molecule has 2 heterocycles. The molecule has 1 N–H and O–H groups in total. The Balaban J connectivity index is 2.14. The topological polar surface area (TPSA) is 50.9 Å². The van der Waals surface area contributed by atoms with Gasteiger partial charge in [-0.05, 0) is 17.7 Å². The van der Waals surface area contributed by atoms with Crippen LogP contribution < -0.4 is 0 Å². The fourth-order valence-corrected chi connectivity index (χ4v) is 2.10. The molecule has 1 aromatic carbocycles. The Morgan fingerprint density at radius 1 is 1.17 bits per heavy atom. The first-order chi connectivity index (χ1) is 8.75. The van der Waals surface area contributed by atoms with Gasteiger partial charge in [0.25, 0.3) is 0 Å². The second kappa shape index (κ2) is 4.23. The Labute approximate surface area is 105 Å². The molecule has 3 rings (SSSR count). The van der Waals surface area contributed by atoms with Crippen LogP contribution in [0.25, 0.3) is 10.9 Å². The molecule has 2 aromatic heterocycles. The van der Waals surface area contributed by atoms with Gasteiger partial charge < -0.3 is 9.67 Å². The van der Waals surface area contributed by atoms with Crippen molar-refractivity contribution in [1.29, 1.82) is 0 Å². The van der Waals surface area contributed by atoms with Gasteiger partial charge in [-0.2, -0.15) is 0 Å². The number of nitrogens with zero attached hydrogens (tertiary/aromatic N) is 3. The number of imidazole rings is 1. The van der Waals surface area contributed by atoms with Crippen LogP contribution in [0.5, 0.6) is 0 Å². The first kappa shape index (κ1) is 10.9. The summed E-state index contributed by atoms with van der Waals surface area (Å²) >= 11 is 0. The largest absolute Gasteiger partial charge is 0.382 e. The van der Waals surface area contributed by atoms with Gasteiger partial charge in [0.2, 0.25) is 0 Å². The minimum absolute atomic E-state index is 0.647. The molecule has 0 amide bonds. The molecule has 0 aliphatic heterocycles. The molecule has 4 nitrogen and oxygen atoms in total. The normalized spacial score (nSPS) is 12.8. The first-order valence-corrected chi connectivity index (χ1v) is 5.75. The van der Waals surface area contributed by atoms with Gasteiger partial charge in [0, 0.05) is 24.8 Å². The first-order valence-electron chi connectivity index (χ1n) is 5.75. The average Bonchev–Trinajstić information content (AvgIpc) is 2.84. The van der Waals surface area contributed by atoms with Crippen molar-refractivity contribution >= 4 is 10.9 Å². The number of benzene rings is 1. The second-order valence-electron chi connectivity index (χ2n) is 4.28. The van der Waals surface area contributed by atoms with Crippen LogP contribution in [-0.4, -0.2) is 19.6 Å². The number of pyridine rings is 1. The maximum Gasteiger partial charge on any atom is 0.123 e. The maximum absolute atomic E-state index is 10.4. The van der Waals surface area contributed by atoms with Crippen molar-refractivity contribution in [2.24, 2.45) is 7.05 Å². The molecule has 1 unspecified atom stereocenters. The van der Waals surface area contributed by atoms with Crippen LogP contribution in [0, 0.1) is 0 Å². The van der Waals surface area contributed by atoms with Gasteiger partial charge in [0.05, 0.1) is 17.5 Å². The molecule has 3 aromatic rings. The van der Waals surface area contributed by atoms with Crippen molar-refractivity contribution < 1.29 is 5.11 Å². The van der Waals surface area contributed by atoms with E-state index in [0.29, 0.717) is 5.69 Å². The zero-order chi connectivity index (χ0) is 12.5. The second-order valence-corrected chi connectivity index (χ2v) is 4.28. The van der Waals surface area contributed by atoms with E-state index in [1.165, 1.54) is 0 Å². The SMILES string of the molecule is Cn1cnc(C(O)c2cccc3ncccc23)c1. The monoisotopic (exact) mass is 239 g/mol. The fraction of sp³-hybridized carbons (Fsp3) is 0.143. The minimum Gasteiger partial charge on any atom is -0.382 e. The van der Waals surface area contributed by atoms with Gasteiger partial charge in [-0.1, -0.05) is 18.2 Å². The van der Waals surface area contributed by atoms with Crippen LogP contribution in [0.3, 0.4) is 0 Å². The lowest BCUT2D eigenvalue weighted by Gasteiger charge is -2.11. The number of aryl methyl sites for hydroxylation is 1. The molecule has 1 atom stereocenters. The highest BCUT2D eigenvalue weighted by atomic mass is 16.3. The Bertz CT molecular complexity index is 685. The van der Waals surface area contributed by atoms with E-state index in [1.54, 1.807) is 12.5 Å². The van der Waals surface area contributed by atoms with Crippen molar-refractivity contribution in [3.8, 4) is 0 Å². The number of aromatic nitrogens is 3. The van der Waals surface area contributed by atoms with Crippen LogP contribution in [-0.2, 0) is 7.05 Å². The third kappa shape index (κ3) is 1.76. The van der Waals surface area contributed by atoms with Crippen LogP contribution in [0.2, 0.25) is 0 Å². The summed E-state index contributed by atoms with van der Waals surface area (Å²) in [4.78, 5) is 8.48. The summed E-state index contributed by atoms with van der Waals surface area (Å²) in [7, 11) is 1.88. The van der Waals surface area contributed by atoms with Gasteiger partial charge in [-0.3, -0.25) is 4.98 Å². The zero-order valence-corrected chi connectivity index (χ0v) is 9.99. The highest BCUT2D eigenvalue weighted by Gasteiger charge is 2.15. The molecule has 4 heteroatoms. The van der Waals surface area contributed by atoms with E-state index < -0.39 is 6.10 Å². The molecule has 0 spiro atoms. The predicted molar refractivity (Wildman–Crippen MR) is 69.0 cm³/mol.